The van der Waals surface area contributed by atoms with Crippen LogP contribution in [0.25, 0.3) is 10.8 Å². The van der Waals surface area contributed by atoms with Crippen molar-refractivity contribution in [1.29, 1.82) is 0 Å². The first-order chi connectivity index (χ1) is 17.0. The predicted molar refractivity (Wildman–Crippen MR) is 142 cm³/mol. The van der Waals surface area contributed by atoms with Gasteiger partial charge in [-0.1, -0.05) is 42.5 Å². The fraction of sp³-hybridized carbons (Fsp3) is 0.286. The van der Waals surface area contributed by atoms with E-state index in [9.17, 15) is 8.42 Å². The molecule has 1 fully saturated rings. The lowest BCUT2D eigenvalue weighted by Gasteiger charge is -2.31. The molecular formula is C28H30N2O3S2. The normalized spacial score (nSPS) is 15.6. The Balaban J connectivity index is 1.18. The Morgan fingerprint density at radius 2 is 1.69 bits per heavy atom. The molecule has 0 radical (unpaired) electrons. The highest BCUT2D eigenvalue weighted by Gasteiger charge is 2.30. The summed E-state index contributed by atoms with van der Waals surface area (Å²) in [6.45, 7) is 2.68. The largest absolute Gasteiger partial charge is 0.490 e. The van der Waals surface area contributed by atoms with Gasteiger partial charge in [-0.05, 0) is 82.9 Å². The molecule has 1 aliphatic heterocycles. The third-order valence-electron chi connectivity index (χ3n) is 6.45. The van der Waals surface area contributed by atoms with Crippen LogP contribution in [0.15, 0.2) is 88.5 Å². The van der Waals surface area contributed by atoms with Crippen LogP contribution in [0.2, 0.25) is 0 Å². The third-order valence-corrected chi connectivity index (χ3v) is 9.07. The molecule has 1 aliphatic rings. The Labute approximate surface area is 211 Å². The van der Waals surface area contributed by atoms with E-state index in [1.54, 1.807) is 27.8 Å². The fourth-order valence-corrected chi connectivity index (χ4v) is 6.80. The van der Waals surface area contributed by atoms with E-state index >= 15 is 0 Å². The van der Waals surface area contributed by atoms with Gasteiger partial charge < -0.3 is 4.74 Å². The molecule has 7 heteroatoms. The first-order valence-electron chi connectivity index (χ1n) is 11.9. The maximum absolute atomic E-state index is 13.2. The summed E-state index contributed by atoms with van der Waals surface area (Å²) in [5.74, 6) is 0.849. The van der Waals surface area contributed by atoms with Gasteiger partial charge >= 0.3 is 0 Å². The van der Waals surface area contributed by atoms with E-state index in [1.165, 1.54) is 11.1 Å². The second-order valence-electron chi connectivity index (χ2n) is 9.18. The van der Waals surface area contributed by atoms with Gasteiger partial charge in [-0.3, -0.25) is 4.90 Å². The summed E-state index contributed by atoms with van der Waals surface area (Å²) in [4.78, 5) is 2.65. The average molecular weight is 507 g/mol. The van der Waals surface area contributed by atoms with Crippen molar-refractivity contribution >= 4 is 32.1 Å². The van der Waals surface area contributed by atoms with Crippen LogP contribution in [0.4, 0.5) is 0 Å². The minimum Gasteiger partial charge on any atom is -0.490 e. The van der Waals surface area contributed by atoms with Crippen LogP contribution in [0.5, 0.6) is 5.75 Å². The lowest BCUT2D eigenvalue weighted by atomic mass is 10.1. The fourth-order valence-electron chi connectivity index (χ4n) is 4.64. The molecule has 2 heterocycles. The molecule has 0 atom stereocenters. The molecule has 0 N–H and O–H groups in total. The Kier molecular flexibility index (Phi) is 7.20. The van der Waals surface area contributed by atoms with Gasteiger partial charge in [0.1, 0.15) is 11.9 Å². The van der Waals surface area contributed by atoms with E-state index in [-0.39, 0.29) is 6.10 Å². The Bertz CT molecular complexity index is 1380. The summed E-state index contributed by atoms with van der Waals surface area (Å²) < 4.78 is 34.3. The van der Waals surface area contributed by atoms with Gasteiger partial charge in [0.05, 0.1) is 4.90 Å². The third kappa shape index (κ3) is 5.76. The molecule has 0 spiro atoms. The monoisotopic (exact) mass is 506 g/mol. The molecule has 182 valence electrons. The lowest BCUT2D eigenvalue weighted by Crippen LogP contribution is -2.41. The maximum Gasteiger partial charge on any atom is 0.243 e. The Morgan fingerprint density at radius 1 is 0.914 bits per heavy atom. The van der Waals surface area contributed by atoms with Gasteiger partial charge in [-0.15, -0.1) is 0 Å². The van der Waals surface area contributed by atoms with E-state index in [1.807, 2.05) is 42.5 Å². The summed E-state index contributed by atoms with van der Waals surface area (Å²) >= 11 is 1.72. The summed E-state index contributed by atoms with van der Waals surface area (Å²) in [6.07, 6.45) is 1.36. The number of nitrogens with zero attached hydrogens (tertiary/aromatic N) is 2. The number of hydrogen-bond acceptors (Lipinski definition) is 5. The number of hydrogen-bond donors (Lipinski definition) is 0. The highest BCUT2D eigenvalue weighted by molar-refractivity contribution is 7.89. The van der Waals surface area contributed by atoms with Crippen LogP contribution in [-0.4, -0.2) is 43.9 Å². The van der Waals surface area contributed by atoms with Crippen LogP contribution in [0.3, 0.4) is 0 Å². The number of ether oxygens (including phenoxy) is 1. The Morgan fingerprint density at radius 3 is 2.46 bits per heavy atom. The summed E-state index contributed by atoms with van der Waals surface area (Å²) in [7, 11) is -1.40. The predicted octanol–water partition coefficient (Wildman–Crippen LogP) is 5.77. The summed E-state index contributed by atoms with van der Waals surface area (Å²) in [5, 5.41) is 6.27. The van der Waals surface area contributed by atoms with Crippen LogP contribution in [0.1, 0.15) is 24.0 Å². The van der Waals surface area contributed by atoms with Crippen LogP contribution in [0, 0.1) is 0 Å². The minimum atomic E-state index is -3.52. The van der Waals surface area contributed by atoms with Crippen LogP contribution in [-0.2, 0) is 23.1 Å². The van der Waals surface area contributed by atoms with Gasteiger partial charge in [-0.2, -0.15) is 15.6 Å². The topological polar surface area (TPSA) is 49.9 Å². The van der Waals surface area contributed by atoms with Crippen LogP contribution >= 0.6 is 11.3 Å². The Hall–Kier alpha value is -2.71. The van der Waals surface area contributed by atoms with Crippen molar-refractivity contribution in [2.45, 2.75) is 36.9 Å². The molecular weight excluding hydrogens is 476 g/mol. The van der Waals surface area contributed by atoms with E-state index in [4.69, 9.17) is 4.74 Å². The second kappa shape index (κ2) is 10.5. The van der Waals surface area contributed by atoms with Gasteiger partial charge in [0.25, 0.3) is 0 Å². The van der Waals surface area contributed by atoms with E-state index in [0.29, 0.717) is 30.8 Å². The second-order valence-corrected chi connectivity index (χ2v) is 11.9. The van der Waals surface area contributed by atoms with Crippen molar-refractivity contribution in [3.8, 4) is 5.75 Å². The first kappa shape index (κ1) is 24.0. The molecule has 5 rings (SSSR count). The summed E-state index contributed by atoms with van der Waals surface area (Å²) in [6, 6.07) is 23.6. The molecule has 3 aromatic carbocycles. The molecule has 0 bridgehead atoms. The lowest BCUT2D eigenvalue weighted by molar-refractivity contribution is 0.135. The van der Waals surface area contributed by atoms with Crippen molar-refractivity contribution < 1.29 is 13.2 Å². The standard InChI is InChI=1S/C28H30N2O3S2/c1-29(20-23-13-16-34-21-23)19-22-5-4-8-27(17-22)33-26-11-14-30(15-12-26)35(31,32)28-10-9-24-6-2-3-7-25(24)18-28/h2-10,13,16-18,21,26H,11-12,14-15,19-20H2,1H3. The van der Waals surface area contributed by atoms with E-state index < -0.39 is 10.0 Å². The molecule has 0 aliphatic carbocycles. The van der Waals surface area contributed by atoms with E-state index in [0.717, 1.165) is 29.6 Å². The first-order valence-corrected chi connectivity index (χ1v) is 14.3. The SMILES string of the molecule is CN(Cc1ccsc1)Cc1cccc(OC2CCN(S(=O)(=O)c3ccc4ccccc4c3)CC2)c1. The molecule has 35 heavy (non-hydrogen) atoms. The number of thiophene rings is 1. The van der Waals surface area contributed by atoms with Crippen molar-refractivity contribution in [3.63, 3.8) is 0 Å². The highest BCUT2D eigenvalue weighted by atomic mass is 32.2. The zero-order chi connectivity index (χ0) is 24.3. The molecule has 1 aromatic heterocycles. The van der Waals surface area contributed by atoms with E-state index in [2.05, 4.69) is 40.9 Å². The van der Waals surface area contributed by atoms with Gasteiger partial charge in [0.2, 0.25) is 10.0 Å². The van der Waals surface area contributed by atoms with Crippen molar-refractivity contribution in [2.24, 2.45) is 0 Å². The van der Waals surface area contributed by atoms with Gasteiger partial charge in [-0.25, -0.2) is 8.42 Å². The zero-order valence-electron chi connectivity index (χ0n) is 19.8. The maximum atomic E-state index is 13.2. The highest BCUT2D eigenvalue weighted by Crippen LogP contribution is 2.26. The van der Waals surface area contributed by atoms with Crippen molar-refractivity contribution in [1.82, 2.24) is 9.21 Å². The minimum absolute atomic E-state index is 0.0110. The summed E-state index contributed by atoms with van der Waals surface area (Å²) in [5.41, 5.74) is 2.53. The number of sulfonamides is 1. The van der Waals surface area contributed by atoms with Crippen molar-refractivity contribution in [2.75, 3.05) is 20.1 Å². The molecule has 1 saturated heterocycles. The average Bonchev–Trinajstić information content (AvgIpc) is 3.37. The zero-order valence-corrected chi connectivity index (χ0v) is 21.5. The van der Waals surface area contributed by atoms with Gasteiger partial charge in [0, 0.05) is 26.2 Å². The molecule has 0 unspecified atom stereocenters. The number of benzene rings is 3. The molecule has 5 nitrogen and oxygen atoms in total. The molecule has 4 aromatic rings. The van der Waals surface area contributed by atoms with Crippen LogP contribution < -0.4 is 4.74 Å². The van der Waals surface area contributed by atoms with Crippen molar-refractivity contribution in [3.05, 3.63) is 94.7 Å². The number of fused-ring (bicyclic) bond motifs is 1. The number of rotatable bonds is 8. The smallest absolute Gasteiger partial charge is 0.243 e. The molecule has 0 saturated carbocycles. The quantitative estimate of drug-likeness (QED) is 0.305. The molecule has 0 amide bonds. The number of piperidine rings is 1. The van der Waals surface area contributed by atoms with Gasteiger partial charge in [0.15, 0.2) is 0 Å².